The highest BCUT2D eigenvalue weighted by Crippen LogP contribution is 2.47. The van der Waals surface area contributed by atoms with Gasteiger partial charge in [-0.1, -0.05) is 31.4 Å². The molecule has 2 amide bonds. The Kier molecular flexibility index (Phi) is 4.20. The van der Waals surface area contributed by atoms with E-state index in [-0.39, 0.29) is 18.2 Å². The normalized spacial score (nSPS) is 23.9. The summed E-state index contributed by atoms with van der Waals surface area (Å²) in [5.74, 6) is -0.582. The molecule has 1 saturated heterocycles. The molecule has 0 N–H and O–H groups in total. The first-order valence-electron chi connectivity index (χ1n) is 8.09. The summed E-state index contributed by atoms with van der Waals surface area (Å²) in [6, 6.07) is 6.98. The average Bonchev–Trinajstić information content (AvgIpc) is 2.90. The van der Waals surface area contributed by atoms with Crippen molar-refractivity contribution >= 4 is 23.8 Å². The molecule has 2 fully saturated rings. The molecular formula is C18H21NO4. The molecule has 0 radical (unpaired) electrons. The topological polar surface area (TPSA) is 63.7 Å². The number of hydrogen-bond donors (Lipinski definition) is 0. The Hall–Kier alpha value is -2.17. The van der Waals surface area contributed by atoms with Crippen molar-refractivity contribution in [2.45, 2.75) is 38.5 Å². The summed E-state index contributed by atoms with van der Waals surface area (Å²) < 4.78 is 5.27. The van der Waals surface area contributed by atoms with Crippen LogP contribution in [0.3, 0.4) is 0 Å². The number of amides is 2. The SMILES string of the molecule is COc1ccccc1N1C(=O)CC(C2(C=O)CCCCC2)C1=O. The van der Waals surface area contributed by atoms with E-state index >= 15 is 0 Å². The van der Waals surface area contributed by atoms with Gasteiger partial charge in [0.25, 0.3) is 0 Å². The number of para-hydroxylation sites is 2. The Balaban J connectivity index is 1.95. The van der Waals surface area contributed by atoms with E-state index < -0.39 is 11.3 Å². The molecule has 23 heavy (non-hydrogen) atoms. The van der Waals surface area contributed by atoms with Crippen LogP contribution in [0.4, 0.5) is 5.69 Å². The average molecular weight is 315 g/mol. The van der Waals surface area contributed by atoms with Crippen LogP contribution in [0.2, 0.25) is 0 Å². The van der Waals surface area contributed by atoms with Crippen molar-refractivity contribution in [2.75, 3.05) is 12.0 Å². The summed E-state index contributed by atoms with van der Waals surface area (Å²) in [6.07, 6.45) is 5.38. The lowest BCUT2D eigenvalue weighted by molar-refractivity contribution is -0.132. The number of carbonyl (C=O) groups excluding carboxylic acids is 3. The Bertz CT molecular complexity index is 634. The standard InChI is InChI=1S/C18H21NO4/c1-23-15-8-4-3-7-14(15)19-16(21)11-13(17(19)22)18(12-20)9-5-2-6-10-18/h3-4,7-8,12-13H,2,5-6,9-11H2,1H3. The van der Waals surface area contributed by atoms with E-state index in [9.17, 15) is 14.4 Å². The first-order valence-corrected chi connectivity index (χ1v) is 8.09. The maximum atomic E-state index is 12.9. The smallest absolute Gasteiger partial charge is 0.238 e. The molecule has 1 heterocycles. The van der Waals surface area contributed by atoms with E-state index in [1.165, 1.54) is 12.0 Å². The largest absolute Gasteiger partial charge is 0.495 e. The first-order chi connectivity index (χ1) is 11.1. The summed E-state index contributed by atoms with van der Waals surface area (Å²) >= 11 is 0. The molecule has 0 bridgehead atoms. The molecule has 1 aromatic rings. The monoisotopic (exact) mass is 315 g/mol. The van der Waals surface area contributed by atoms with E-state index in [0.717, 1.165) is 25.5 Å². The highest BCUT2D eigenvalue weighted by atomic mass is 16.5. The number of carbonyl (C=O) groups is 3. The van der Waals surface area contributed by atoms with Gasteiger partial charge in [-0.2, -0.15) is 0 Å². The van der Waals surface area contributed by atoms with E-state index in [1.807, 2.05) is 0 Å². The summed E-state index contributed by atoms with van der Waals surface area (Å²) in [7, 11) is 1.51. The lowest BCUT2D eigenvalue weighted by atomic mass is 9.66. The highest BCUT2D eigenvalue weighted by Gasteiger charge is 2.52. The van der Waals surface area contributed by atoms with Crippen LogP contribution >= 0.6 is 0 Å². The molecule has 5 heteroatoms. The molecule has 0 spiro atoms. The van der Waals surface area contributed by atoms with Gasteiger partial charge in [-0.05, 0) is 25.0 Å². The van der Waals surface area contributed by atoms with Crippen LogP contribution in [-0.2, 0) is 14.4 Å². The molecule has 0 aromatic heterocycles. The number of ether oxygens (including phenoxy) is 1. The van der Waals surface area contributed by atoms with Crippen LogP contribution in [0.15, 0.2) is 24.3 Å². The second-order valence-electron chi connectivity index (χ2n) is 6.41. The van der Waals surface area contributed by atoms with Crippen molar-refractivity contribution < 1.29 is 19.1 Å². The third-order valence-electron chi connectivity index (χ3n) is 5.19. The van der Waals surface area contributed by atoms with Crippen molar-refractivity contribution in [3.8, 4) is 5.75 Å². The quantitative estimate of drug-likeness (QED) is 0.633. The number of methoxy groups -OCH3 is 1. The van der Waals surface area contributed by atoms with Crippen molar-refractivity contribution in [2.24, 2.45) is 11.3 Å². The summed E-state index contributed by atoms with van der Waals surface area (Å²) in [5, 5.41) is 0. The van der Waals surface area contributed by atoms with Crippen molar-refractivity contribution in [3.05, 3.63) is 24.3 Å². The lowest BCUT2D eigenvalue weighted by Gasteiger charge is -2.35. The summed E-state index contributed by atoms with van der Waals surface area (Å²) in [6.45, 7) is 0. The van der Waals surface area contributed by atoms with E-state index in [1.54, 1.807) is 24.3 Å². The second-order valence-corrected chi connectivity index (χ2v) is 6.41. The molecule has 1 aliphatic carbocycles. The molecule has 3 rings (SSSR count). The van der Waals surface area contributed by atoms with Gasteiger partial charge < -0.3 is 9.53 Å². The van der Waals surface area contributed by atoms with Gasteiger partial charge in [0.05, 0.1) is 18.7 Å². The van der Waals surface area contributed by atoms with Crippen LogP contribution < -0.4 is 9.64 Å². The molecule has 1 atom stereocenters. The number of imide groups is 1. The Morgan fingerprint density at radius 1 is 1.17 bits per heavy atom. The number of aldehydes is 1. The van der Waals surface area contributed by atoms with Crippen molar-refractivity contribution in [1.29, 1.82) is 0 Å². The van der Waals surface area contributed by atoms with Gasteiger partial charge in [-0.15, -0.1) is 0 Å². The maximum absolute atomic E-state index is 12.9. The minimum Gasteiger partial charge on any atom is -0.495 e. The van der Waals surface area contributed by atoms with Crippen molar-refractivity contribution in [3.63, 3.8) is 0 Å². The minimum absolute atomic E-state index is 0.107. The zero-order valence-corrected chi connectivity index (χ0v) is 13.3. The van der Waals surface area contributed by atoms with Gasteiger partial charge >= 0.3 is 0 Å². The Morgan fingerprint density at radius 2 is 1.87 bits per heavy atom. The van der Waals surface area contributed by atoms with Crippen molar-refractivity contribution in [1.82, 2.24) is 0 Å². The van der Waals surface area contributed by atoms with Gasteiger partial charge in [0.15, 0.2) is 0 Å². The predicted molar refractivity (Wildman–Crippen MR) is 85.2 cm³/mol. The van der Waals surface area contributed by atoms with Crippen LogP contribution in [0.25, 0.3) is 0 Å². The van der Waals surface area contributed by atoms with Gasteiger partial charge in [-0.3, -0.25) is 9.59 Å². The molecule has 1 aromatic carbocycles. The van der Waals surface area contributed by atoms with E-state index in [4.69, 9.17) is 4.74 Å². The number of anilines is 1. The Morgan fingerprint density at radius 3 is 2.52 bits per heavy atom. The van der Waals surface area contributed by atoms with Gasteiger partial charge in [0, 0.05) is 11.8 Å². The fourth-order valence-corrected chi connectivity index (χ4v) is 3.91. The lowest BCUT2D eigenvalue weighted by Crippen LogP contribution is -2.40. The zero-order valence-electron chi connectivity index (χ0n) is 13.3. The minimum atomic E-state index is -0.679. The molecule has 1 unspecified atom stereocenters. The molecular weight excluding hydrogens is 294 g/mol. The molecule has 122 valence electrons. The third-order valence-corrected chi connectivity index (χ3v) is 5.19. The predicted octanol–water partition coefficient (Wildman–Crippen LogP) is 2.72. The first kappa shape index (κ1) is 15.7. The van der Waals surface area contributed by atoms with Gasteiger partial charge in [0.2, 0.25) is 11.8 Å². The van der Waals surface area contributed by atoms with Crippen LogP contribution in [0.5, 0.6) is 5.75 Å². The van der Waals surface area contributed by atoms with E-state index in [0.29, 0.717) is 24.3 Å². The molecule has 1 aliphatic heterocycles. The Labute approximate surface area is 135 Å². The fourth-order valence-electron chi connectivity index (χ4n) is 3.91. The van der Waals surface area contributed by atoms with Gasteiger partial charge in [0.1, 0.15) is 12.0 Å². The number of benzene rings is 1. The fraction of sp³-hybridized carbons (Fsp3) is 0.500. The third kappa shape index (κ3) is 2.54. The number of nitrogens with zero attached hydrogens (tertiary/aromatic N) is 1. The number of hydrogen-bond acceptors (Lipinski definition) is 4. The molecule has 1 saturated carbocycles. The molecule has 5 nitrogen and oxygen atoms in total. The van der Waals surface area contributed by atoms with Gasteiger partial charge in [-0.25, -0.2) is 4.90 Å². The maximum Gasteiger partial charge on any atom is 0.238 e. The summed E-state index contributed by atoms with van der Waals surface area (Å²) in [4.78, 5) is 38.4. The second kappa shape index (κ2) is 6.14. The van der Waals surface area contributed by atoms with E-state index in [2.05, 4.69) is 0 Å². The zero-order chi connectivity index (χ0) is 16.4. The highest BCUT2D eigenvalue weighted by molar-refractivity contribution is 6.22. The summed E-state index contributed by atoms with van der Waals surface area (Å²) in [5.41, 5.74) is -0.216. The van der Waals surface area contributed by atoms with Crippen LogP contribution in [-0.4, -0.2) is 25.2 Å². The van der Waals surface area contributed by atoms with Crippen LogP contribution in [0.1, 0.15) is 38.5 Å². The molecule has 2 aliphatic rings. The number of rotatable bonds is 4. The van der Waals surface area contributed by atoms with Crippen LogP contribution in [0, 0.1) is 11.3 Å².